The van der Waals surface area contributed by atoms with Gasteiger partial charge in [0, 0.05) is 0 Å². The first kappa shape index (κ1) is 12.0. The molecule has 0 radical (unpaired) electrons. The quantitative estimate of drug-likeness (QED) is 0.720. The first-order valence-electron chi connectivity index (χ1n) is 5.03. The van der Waals surface area contributed by atoms with Crippen LogP contribution in [0.25, 0.3) is 0 Å². The lowest BCUT2D eigenvalue weighted by Gasteiger charge is -2.00. The molecule has 0 saturated heterocycles. The van der Waals surface area contributed by atoms with Crippen LogP contribution in [0.3, 0.4) is 0 Å². The van der Waals surface area contributed by atoms with Gasteiger partial charge in [0.05, 0.1) is 11.5 Å². The fourth-order valence-corrected chi connectivity index (χ4v) is 2.52. The third-order valence-electron chi connectivity index (χ3n) is 1.98. The maximum Gasteiger partial charge on any atom is 0.157 e. The average Bonchev–Trinajstić information content (AvgIpc) is 2.18. The van der Waals surface area contributed by atoms with Crippen molar-refractivity contribution in [2.45, 2.75) is 19.1 Å². The largest absolute Gasteiger partial charge is 0.228 e. The molecule has 1 aromatic carbocycles. The van der Waals surface area contributed by atoms with E-state index in [2.05, 4.69) is 0 Å². The van der Waals surface area contributed by atoms with Crippen LogP contribution in [0, 0.1) is 0 Å². The number of rotatable bonds is 5. The lowest BCUT2D eigenvalue weighted by atomic mass is 10.2. The molecule has 2 nitrogen and oxygen atoms in total. The Morgan fingerprint density at radius 2 is 1.80 bits per heavy atom. The van der Waals surface area contributed by atoms with E-state index in [1.54, 1.807) is 6.08 Å². The fourth-order valence-electron chi connectivity index (χ4n) is 1.27. The van der Waals surface area contributed by atoms with Crippen molar-refractivity contribution in [2.75, 3.05) is 5.75 Å². The minimum absolute atomic E-state index is 0.127. The second kappa shape index (κ2) is 5.71. The number of allylic oxidation sites excluding steroid dienone is 1. The molecule has 0 aliphatic heterocycles. The highest BCUT2D eigenvalue weighted by Gasteiger charge is 2.08. The first-order valence-corrected chi connectivity index (χ1v) is 6.85. The molecule has 1 rings (SSSR count). The molecule has 15 heavy (non-hydrogen) atoms. The van der Waals surface area contributed by atoms with E-state index in [-0.39, 0.29) is 11.5 Å². The molecule has 0 amide bonds. The number of sulfone groups is 1. The molecular weight excluding hydrogens is 208 g/mol. The summed E-state index contributed by atoms with van der Waals surface area (Å²) in [5.74, 6) is 0.262. The zero-order valence-corrected chi connectivity index (χ0v) is 9.70. The van der Waals surface area contributed by atoms with Crippen molar-refractivity contribution >= 4 is 9.84 Å². The van der Waals surface area contributed by atoms with Crippen molar-refractivity contribution in [1.29, 1.82) is 0 Å². The molecule has 0 aromatic heterocycles. The SMILES string of the molecule is CC/C=C/CS(=O)(=O)Cc1ccccc1. The van der Waals surface area contributed by atoms with E-state index < -0.39 is 9.84 Å². The predicted molar refractivity (Wildman–Crippen MR) is 63.4 cm³/mol. The Labute approximate surface area is 91.6 Å². The Kier molecular flexibility index (Phi) is 4.56. The third kappa shape index (κ3) is 4.79. The van der Waals surface area contributed by atoms with E-state index in [0.717, 1.165) is 12.0 Å². The van der Waals surface area contributed by atoms with Crippen molar-refractivity contribution in [3.63, 3.8) is 0 Å². The second-order valence-electron chi connectivity index (χ2n) is 3.42. The van der Waals surface area contributed by atoms with Gasteiger partial charge in [-0.1, -0.05) is 49.4 Å². The van der Waals surface area contributed by atoms with Gasteiger partial charge < -0.3 is 0 Å². The van der Waals surface area contributed by atoms with Gasteiger partial charge in [0.25, 0.3) is 0 Å². The molecule has 0 N–H and O–H groups in total. The minimum atomic E-state index is -2.99. The second-order valence-corrected chi connectivity index (χ2v) is 5.53. The van der Waals surface area contributed by atoms with E-state index in [9.17, 15) is 8.42 Å². The zero-order valence-electron chi connectivity index (χ0n) is 8.89. The standard InChI is InChI=1S/C12H16O2S/c1-2-3-7-10-15(13,14)11-12-8-5-4-6-9-12/h3-9H,2,10-11H2,1H3/b7-3+. The molecule has 0 saturated carbocycles. The third-order valence-corrected chi connectivity index (χ3v) is 3.46. The molecule has 0 spiro atoms. The van der Waals surface area contributed by atoms with Gasteiger partial charge in [0.1, 0.15) is 0 Å². The number of benzene rings is 1. The molecule has 82 valence electrons. The summed E-state index contributed by atoms with van der Waals surface area (Å²) in [6, 6.07) is 9.26. The Hall–Kier alpha value is -1.09. The predicted octanol–water partition coefficient (Wildman–Crippen LogP) is 2.57. The maximum atomic E-state index is 11.6. The summed E-state index contributed by atoms with van der Waals surface area (Å²) in [7, 11) is -2.99. The molecule has 1 aromatic rings. The van der Waals surface area contributed by atoms with Crippen LogP contribution in [0.2, 0.25) is 0 Å². The van der Waals surface area contributed by atoms with Crippen LogP contribution in [-0.2, 0) is 15.6 Å². The highest BCUT2D eigenvalue weighted by molar-refractivity contribution is 7.90. The van der Waals surface area contributed by atoms with E-state index in [4.69, 9.17) is 0 Å². The van der Waals surface area contributed by atoms with E-state index in [1.165, 1.54) is 0 Å². The first-order chi connectivity index (χ1) is 7.14. The summed E-state index contributed by atoms with van der Waals surface area (Å²) >= 11 is 0. The Morgan fingerprint density at radius 3 is 2.40 bits per heavy atom. The Balaban J connectivity index is 2.61. The molecule has 0 aliphatic carbocycles. The summed E-state index contributed by atoms with van der Waals surface area (Å²) < 4.78 is 23.2. The van der Waals surface area contributed by atoms with Crippen molar-refractivity contribution < 1.29 is 8.42 Å². The van der Waals surface area contributed by atoms with Crippen LogP contribution in [0.15, 0.2) is 42.5 Å². The van der Waals surface area contributed by atoms with Crippen LogP contribution in [-0.4, -0.2) is 14.2 Å². The molecule has 0 bridgehead atoms. The molecule has 0 unspecified atom stereocenters. The Morgan fingerprint density at radius 1 is 1.13 bits per heavy atom. The molecule has 0 heterocycles. The zero-order chi connectivity index (χ0) is 11.1. The van der Waals surface area contributed by atoms with Crippen LogP contribution < -0.4 is 0 Å². The van der Waals surface area contributed by atoms with Gasteiger partial charge in [-0.05, 0) is 12.0 Å². The van der Waals surface area contributed by atoms with Crippen molar-refractivity contribution in [2.24, 2.45) is 0 Å². The summed E-state index contributed by atoms with van der Waals surface area (Å²) in [6.07, 6.45) is 4.47. The molecule has 0 fully saturated rings. The molecule has 0 aliphatic rings. The van der Waals surface area contributed by atoms with Gasteiger partial charge in [-0.3, -0.25) is 0 Å². The summed E-state index contributed by atoms with van der Waals surface area (Å²) in [6.45, 7) is 1.99. The maximum absolute atomic E-state index is 11.6. The van der Waals surface area contributed by atoms with Gasteiger partial charge in [-0.25, -0.2) is 8.42 Å². The molecule has 3 heteroatoms. The van der Waals surface area contributed by atoms with Crippen LogP contribution in [0.4, 0.5) is 0 Å². The topological polar surface area (TPSA) is 34.1 Å². The van der Waals surface area contributed by atoms with Crippen molar-refractivity contribution in [1.82, 2.24) is 0 Å². The van der Waals surface area contributed by atoms with Gasteiger partial charge >= 0.3 is 0 Å². The number of hydrogen-bond donors (Lipinski definition) is 0. The molecular formula is C12H16O2S. The van der Waals surface area contributed by atoms with Gasteiger partial charge in [0.2, 0.25) is 0 Å². The van der Waals surface area contributed by atoms with Crippen LogP contribution >= 0.6 is 0 Å². The van der Waals surface area contributed by atoms with Crippen molar-refractivity contribution in [3.05, 3.63) is 48.0 Å². The highest BCUT2D eigenvalue weighted by Crippen LogP contribution is 2.06. The fraction of sp³-hybridized carbons (Fsp3) is 0.333. The van der Waals surface area contributed by atoms with Crippen molar-refractivity contribution in [3.8, 4) is 0 Å². The summed E-state index contributed by atoms with van der Waals surface area (Å²) in [5, 5.41) is 0. The van der Waals surface area contributed by atoms with Gasteiger partial charge in [0.15, 0.2) is 9.84 Å². The smallest absolute Gasteiger partial charge is 0.157 e. The van der Waals surface area contributed by atoms with Gasteiger partial charge in [-0.15, -0.1) is 0 Å². The van der Waals surface area contributed by atoms with Crippen LogP contribution in [0.5, 0.6) is 0 Å². The Bertz CT molecular complexity index is 405. The summed E-state index contributed by atoms with van der Waals surface area (Å²) in [4.78, 5) is 0. The molecule has 0 atom stereocenters. The average molecular weight is 224 g/mol. The lowest BCUT2D eigenvalue weighted by molar-refractivity contribution is 0.598. The lowest BCUT2D eigenvalue weighted by Crippen LogP contribution is -2.07. The minimum Gasteiger partial charge on any atom is -0.228 e. The van der Waals surface area contributed by atoms with Gasteiger partial charge in [-0.2, -0.15) is 0 Å². The monoisotopic (exact) mass is 224 g/mol. The normalized spacial score (nSPS) is 12.1. The van der Waals surface area contributed by atoms with E-state index >= 15 is 0 Å². The highest BCUT2D eigenvalue weighted by atomic mass is 32.2. The van der Waals surface area contributed by atoms with E-state index in [0.29, 0.717) is 0 Å². The number of hydrogen-bond acceptors (Lipinski definition) is 2. The van der Waals surface area contributed by atoms with Crippen LogP contribution in [0.1, 0.15) is 18.9 Å². The van der Waals surface area contributed by atoms with E-state index in [1.807, 2.05) is 43.3 Å². The summed E-state index contributed by atoms with van der Waals surface area (Å²) in [5.41, 5.74) is 0.849.